The van der Waals surface area contributed by atoms with Crippen molar-refractivity contribution in [1.82, 2.24) is 10.0 Å². The minimum absolute atomic E-state index is 0.0733. The smallest absolute Gasteiger partial charge is 0.241 e. The molecule has 0 saturated heterocycles. The van der Waals surface area contributed by atoms with Gasteiger partial charge in [-0.2, -0.15) is 0 Å². The number of primary amides is 1. The molecule has 0 aliphatic carbocycles. The second kappa shape index (κ2) is 12.8. The number of amides is 2. The molecular formula is C26H32N6O4S. The van der Waals surface area contributed by atoms with Gasteiger partial charge < -0.3 is 22.5 Å². The molecule has 0 aliphatic rings. The van der Waals surface area contributed by atoms with Crippen LogP contribution in [0, 0.1) is 0 Å². The first-order valence-corrected chi connectivity index (χ1v) is 13.3. The van der Waals surface area contributed by atoms with Crippen molar-refractivity contribution in [3.05, 3.63) is 78.4 Å². The summed E-state index contributed by atoms with van der Waals surface area (Å²) in [5.41, 5.74) is 17.1. The second-order valence-electron chi connectivity index (χ2n) is 8.66. The predicted molar refractivity (Wildman–Crippen MR) is 144 cm³/mol. The molecule has 0 bridgehead atoms. The van der Waals surface area contributed by atoms with E-state index in [0.717, 1.165) is 10.9 Å². The maximum absolute atomic E-state index is 13.4. The van der Waals surface area contributed by atoms with Crippen LogP contribution < -0.4 is 27.2 Å². The third-order valence-electron chi connectivity index (χ3n) is 5.76. The van der Waals surface area contributed by atoms with Gasteiger partial charge in [0.05, 0.1) is 4.90 Å². The molecule has 3 rings (SSSR count). The Morgan fingerprint density at radius 2 is 1.57 bits per heavy atom. The van der Waals surface area contributed by atoms with Crippen molar-refractivity contribution >= 4 is 38.6 Å². The van der Waals surface area contributed by atoms with Crippen LogP contribution in [0.3, 0.4) is 0 Å². The van der Waals surface area contributed by atoms with Crippen LogP contribution in [0.2, 0.25) is 0 Å². The van der Waals surface area contributed by atoms with Crippen molar-refractivity contribution in [3.8, 4) is 0 Å². The van der Waals surface area contributed by atoms with Gasteiger partial charge in [0.25, 0.3) is 0 Å². The molecule has 8 N–H and O–H groups in total. The molecule has 0 aromatic heterocycles. The fourth-order valence-corrected chi connectivity index (χ4v) is 5.51. The van der Waals surface area contributed by atoms with Crippen LogP contribution >= 0.6 is 0 Å². The molecule has 0 spiro atoms. The van der Waals surface area contributed by atoms with Crippen LogP contribution in [0.1, 0.15) is 24.8 Å². The first-order valence-electron chi connectivity index (χ1n) is 11.8. The first kappa shape index (κ1) is 27.6. The summed E-state index contributed by atoms with van der Waals surface area (Å²) in [6.07, 6.45) is 0.731. The van der Waals surface area contributed by atoms with E-state index >= 15 is 0 Å². The number of fused-ring (bicyclic) bond motifs is 1. The quantitative estimate of drug-likeness (QED) is 0.127. The Hall–Kier alpha value is -3.96. The maximum Gasteiger partial charge on any atom is 0.241 e. The number of hydrogen-bond acceptors (Lipinski definition) is 5. The molecule has 0 saturated carbocycles. The number of carbonyl (C=O) groups is 2. The van der Waals surface area contributed by atoms with Gasteiger partial charge >= 0.3 is 0 Å². The van der Waals surface area contributed by atoms with Crippen LogP contribution in [0.5, 0.6) is 0 Å². The molecule has 10 nitrogen and oxygen atoms in total. The summed E-state index contributed by atoms with van der Waals surface area (Å²) < 4.78 is 29.4. The Morgan fingerprint density at radius 3 is 2.27 bits per heavy atom. The van der Waals surface area contributed by atoms with Gasteiger partial charge in [0.2, 0.25) is 21.8 Å². The molecule has 37 heavy (non-hydrogen) atoms. The Labute approximate surface area is 216 Å². The summed E-state index contributed by atoms with van der Waals surface area (Å²) in [5, 5.41) is 3.99. The van der Waals surface area contributed by atoms with Crippen LogP contribution in [0.15, 0.2) is 82.7 Å². The minimum atomic E-state index is -3.99. The molecule has 0 aliphatic heterocycles. The average Bonchev–Trinajstić information content (AvgIpc) is 2.86. The molecule has 3 aromatic rings. The Morgan fingerprint density at radius 1 is 0.892 bits per heavy atom. The summed E-state index contributed by atoms with van der Waals surface area (Å²) in [6.45, 7) is 0.272. The molecule has 196 valence electrons. The van der Waals surface area contributed by atoms with Gasteiger partial charge in [0.1, 0.15) is 6.04 Å². The summed E-state index contributed by atoms with van der Waals surface area (Å²) in [5.74, 6) is -1.26. The van der Waals surface area contributed by atoms with E-state index in [0.29, 0.717) is 11.8 Å². The van der Waals surface area contributed by atoms with Gasteiger partial charge in [-0.05, 0) is 29.9 Å². The number of rotatable bonds is 13. The van der Waals surface area contributed by atoms with Crippen molar-refractivity contribution in [2.75, 3.05) is 6.54 Å². The zero-order valence-electron chi connectivity index (χ0n) is 20.3. The number of nitrogens with two attached hydrogens (primary N) is 3. The number of carbonyl (C=O) groups excluding carboxylic acids is 2. The van der Waals surface area contributed by atoms with Crippen molar-refractivity contribution in [1.29, 1.82) is 0 Å². The number of hydrogen-bond donors (Lipinski definition) is 5. The van der Waals surface area contributed by atoms with Crippen LogP contribution in [0.4, 0.5) is 0 Å². The van der Waals surface area contributed by atoms with E-state index in [1.54, 1.807) is 18.2 Å². The fraction of sp³-hybridized carbons (Fsp3) is 0.269. The summed E-state index contributed by atoms with van der Waals surface area (Å²) >= 11 is 0. The highest BCUT2D eigenvalue weighted by Crippen LogP contribution is 2.23. The van der Waals surface area contributed by atoms with Crippen molar-refractivity contribution in [3.63, 3.8) is 0 Å². The van der Waals surface area contributed by atoms with E-state index in [2.05, 4.69) is 15.0 Å². The van der Waals surface area contributed by atoms with E-state index in [1.165, 1.54) is 6.07 Å². The fourth-order valence-electron chi connectivity index (χ4n) is 4.01. The number of aliphatic imine (C=N–C) groups is 1. The molecule has 0 heterocycles. The SMILES string of the molecule is NC(=O)[C@H](Cc1ccccc1)NC(=O)C[C@H](CCCN=C(N)N)NS(=O)(=O)c1cccc2ccccc12. The van der Waals surface area contributed by atoms with Crippen molar-refractivity contribution in [2.45, 2.75) is 42.7 Å². The molecule has 0 unspecified atom stereocenters. The molecule has 0 fully saturated rings. The van der Waals surface area contributed by atoms with Crippen molar-refractivity contribution < 1.29 is 18.0 Å². The monoisotopic (exact) mass is 524 g/mol. The lowest BCUT2D eigenvalue weighted by molar-refractivity contribution is -0.127. The molecule has 2 amide bonds. The third kappa shape index (κ3) is 8.29. The number of sulfonamides is 1. The normalized spacial score (nSPS) is 13.0. The maximum atomic E-state index is 13.4. The zero-order valence-corrected chi connectivity index (χ0v) is 21.2. The second-order valence-corrected chi connectivity index (χ2v) is 10.3. The standard InChI is InChI=1S/C26H32N6O4S/c27-25(34)22(16-18-8-2-1-3-9-18)31-24(33)17-20(12-7-15-30-26(28)29)32-37(35,36)23-14-6-11-19-10-4-5-13-21(19)23/h1-6,8-11,13-14,20,22,32H,7,12,15-17H2,(H2,27,34)(H,31,33)(H4,28,29,30)/t20-,22-/m0/s1. The van der Waals surface area contributed by atoms with Crippen LogP contribution in [0.25, 0.3) is 10.8 Å². The molecule has 3 aromatic carbocycles. The topological polar surface area (TPSA) is 183 Å². The van der Waals surface area contributed by atoms with E-state index in [1.807, 2.05) is 48.5 Å². The Bertz CT molecular complexity index is 1350. The van der Waals surface area contributed by atoms with E-state index < -0.39 is 33.9 Å². The lowest BCUT2D eigenvalue weighted by Crippen LogP contribution is -2.48. The Kier molecular flexibility index (Phi) is 9.58. The van der Waals surface area contributed by atoms with E-state index in [4.69, 9.17) is 17.2 Å². The largest absolute Gasteiger partial charge is 0.370 e. The lowest BCUT2D eigenvalue weighted by atomic mass is 10.0. The van der Waals surface area contributed by atoms with E-state index in [-0.39, 0.29) is 36.7 Å². The summed E-state index contributed by atoms with van der Waals surface area (Å²) in [7, 11) is -3.99. The van der Waals surface area contributed by atoms with Gasteiger partial charge in [0.15, 0.2) is 5.96 Å². The average molecular weight is 525 g/mol. The first-order chi connectivity index (χ1) is 17.7. The predicted octanol–water partition coefficient (Wildman–Crippen LogP) is 1.14. The molecule has 11 heteroatoms. The Balaban J connectivity index is 1.77. The highest BCUT2D eigenvalue weighted by atomic mass is 32.2. The zero-order chi connectivity index (χ0) is 26.8. The van der Waals surface area contributed by atoms with Gasteiger partial charge in [-0.1, -0.05) is 66.7 Å². The molecule has 2 atom stereocenters. The molecular weight excluding hydrogens is 492 g/mol. The van der Waals surface area contributed by atoms with Gasteiger partial charge in [-0.3, -0.25) is 14.6 Å². The third-order valence-corrected chi connectivity index (χ3v) is 7.34. The lowest BCUT2D eigenvalue weighted by Gasteiger charge is -2.21. The highest BCUT2D eigenvalue weighted by molar-refractivity contribution is 7.89. The van der Waals surface area contributed by atoms with Crippen molar-refractivity contribution in [2.24, 2.45) is 22.2 Å². The summed E-state index contributed by atoms with van der Waals surface area (Å²) in [6, 6.07) is 19.6. The number of benzene rings is 3. The van der Waals surface area contributed by atoms with Gasteiger partial charge in [0, 0.05) is 30.8 Å². The number of guanidine groups is 1. The van der Waals surface area contributed by atoms with Gasteiger partial charge in [-0.15, -0.1) is 0 Å². The number of nitrogens with zero attached hydrogens (tertiary/aromatic N) is 1. The number of nitrogens with one attached hydrogen (secondary N) is 2. The van der Waals surface area contributed by atoms with E-state index in [9.17, 15) is 18.0 Å². The molecule has 0 radical (unpaired) electrons. The minimum Gasteiger partial charge on any atom is -0.370 e. The van der Waals surface area contributed by atoms with Crippen LogP contribution in [-0.2, 0) is 26.0 Å². The summed E-state index contributed by atoms with van der Waals surface area (Å²) in [4.78, 5) is 28.9. The van der Waals surface area contributed by atoms with Gasteiger partial charge in [-0.25, -0.2) is 13.1 Å². The highest BCUT2D eigenvalue weighted by Gasteiger charge is 2.26. The van der Waals surface area contributed by atoms with Crippen LogP contribution in [-0.4, -0.2) is 44.8 Å².